The van der Waals surface area contributed by atoms with Crippen molar-refractivity contribution in [3.05, 3.63) is 42.5 Å². The van der Waals surface area contributed by atoms with Crippen molar-refractivity contribution in [2.75, 3.05) is 17.3 Å². The number of thioether (sulfide) groups is 1. The Balaban J connectivity index is 2.13. The van der Waals surface area contributed by atoms with Gasteiger partial charge in [-0.25, -0.2) is 4.79 Å². The van der Waals surface area contributed by atoms with Gasteiger partial charge in [-0.3, -0.25) is 9.59 Å². The van der Waals surface area contributed by atoms with Crippen LogP contribution in [-0.4, -0.2) is 47.6 Å². The normalized spacial score (nSPS) is 13.3. The second-order valence-electron chi connectivity index (χ2n) is 9.72. The summed E-state index contributed by atoms with van der Waals surface area (Å²) in [5.74, 6) is 0.157. The fourth-order valence-electron chi connectivity index (χ4n) is 3.43. The maximum Gasteiger partial charge on any atom is 0.408 e. The second kappa shape index (κ2) is 12.6. The first-order chi connectivity index (χ1) is 16.0. The molecule has 0 radical (unpaired) electrons. The van der Waals surface area contributed by atoms with Crippen LogP contribution in [0.15, 0.2) is 42.5 Å². The van der Waals surface area contributed by atoms with Gasteiger partial charge in [0, 0.05) is 5.69 Å². The molecule has 2 aromatic rings. The molecule has 0 fully saturated rings. The first kappa shape index (κ1) is 27.5. The summed E-state index contributed by atoms with van der Waals surface area (Å²) in [6.45, 7) is 9.22. The lowest BCUT2D eigenvalue weighted by Crippen LogP contribution is -2.53. The fraction of sp³-hybridized carbons (Fsp3) is 0.500. The number of rotatable bonds is 10. The minimum absolute atomic E-state index is 0.154. The van der Waals surface area contributed by atoms with E-state index < -0.39 is 29.7 Å². The van der Waals surface area contributed by atoms with Crippen LogP contribution >= 0.6 is 11.8 Å². The molecule has 2 atom stereocenters. The topological polar surface area (TPSA) is 96.5 Å². The van der Waals surface area contributed by atoms with Crippen molar-refractivity contribution in [2.24, 2.45) is 5.92 Å². The van der Waals surface area contributed by atoms with E-state index in [1.54, 1.807) is 32.5 Å². The zero-order chi connectivity index (χ0) is 25.3. The lowest BCUT2D eigenvalue weighted by atomic mass is 10.0. The molecule has 0 spiro atoms. The second-order valence-corrected chi connectivity index (χ2v) is 10.7. The summed E-state index contributed by atoms with van der Waals surface area (Å²) in [5.41, 5.74) is -0.0125. The van der Waals surface area contributed by atoms with Crippen molar-refractivity contribution in [1.82, 2.24) is 10.6 Å². The minimum Gasteiger partial charge on any atom is -0.444 e. The van der Waals surface area contributed by atoms with E-state index in [1.807, 2.05) is 62.6 Å². The molecule has 2 aromatic carbocycles. The van der Waals surface area contributed by atoms with Crippen LogP contribution in [0.2, 0.25) is 0 Å². The van der Waals surface area contributed by atoms with Crippen molar-refractivity contribution >= 4 is 46.1 Å². The Labute approximate surface area is 206 Å². The van der Waals surface area contributed by atoms with Gasteiger partial charge in [-0.15, -0.1) is 0 Å². The van der Waals surface area contributed by atoms with E-state index in [2.05, 4.69) is 16.0 Å². The van der Waals surface area contributed by atoms with Crippen molar-refractivity contribution in [3.63, 3.8) is 0 Å². The van der Waals surface area contributed by atoms with Gasteiger partial charge in [-0.05, 0) is 74.4 Å². The molecule has 0 heterocycles. The maximum absolute atomic E-state index is 13.1. The summed E-state index contributed by atoms with van der Waals surface area (Å²) in [5, 5.41) is 10.5. The number of amides is 3. The summed E-state index contributed by atoms with van der Waals surface area (Å²) in [4.78, 5) is 38.5. The summed E-state index contributed by atoms with van der Waals surface area (Å²) >= 11 is 1.60. The third-order valence-corrected chi connectivity index (χ3v) is 5.62. The van der Waals surface area contributed by atoms with Gasteiger partial charge < -0.3 is 20.7 Å². The fourth-order valence-corrected chi connectivity index (χ4v) is 3.90. The van der Waals surface area contributed by atoms with Gasteiger partial charge in [0.15, 0.2) is 0 Å². The molecule has 0 saturated heterocycles. The highest BCUT2D eigenvalue weighted by Crippen LogP contribution is 2.19. The number of carbonyl (C=O) groups excluding carboxylic acids is 3. The molecule has 0 bridgehead atoms. The van der Waals surface area contributed by atoms with E-state index in [1.165, 1.54) is 0 Å². The molecular weight excluding hydrogens is 450 g/mol. The van der Waals surface area contributed by atoms with E-state index >= 15 is 0 Å². The highest BCUT2D eigenvalue weighted by molar-refractivity contribution is 7.98. The Bertz CT molecular complexity index is 987. The highest BCUT2D eigenvalue weighted by Gasteiger charge is 2.29. The molecule has 3 amide bonds. The zero-order valence-electron chi connectivity index (χ0n) is 20.9. The third-order valence-electron chi connectivity index (χ3n) is 4.98. The molecule has 0 saturated carbocycles. The lowest BCUT2D eigenvalue weighted by Gasteiger charge is -2.26. The van der Waals surface area contributed by atoms with Gasteiger partial charge in [-0.2, -0.15) is 11.8 Å². The van der Waals surface area contributed by atoms with Crippen molar-refractivity contribution in [2.45, 2.75) is 65.1 Å². The predicted molar refractivity (Wildman–Crippen MR) is 140 cm³/mol. The smallest absolute Gasteiger partial charge is 0.408 e. The van der Waals surface area contributed by atoms with E-state index in [9.17, 15) is 14.4 Å². The van der Waals surface area contributed by atoms with E-state index in [-0.39, 0.29) is 11.8 Å². The van der Waals surface area contributed by atoms with Crippen LogP contribution in [0, 0.1) is 5.92 Å². The van der Waals surface area contributed by atoms with Crippen LogP contribution in [0.1, 0.15) is 47.5 Å². The van der Waals surface area contributed by atoms with Crippen molar-refractivity contribution in [3.8, 4) is 0 Å². The van der Waals surface area contributed by atoms with Crippen LogP contribution in [-0.2, 0) is 14.3 Å². The number of anilines is 1. The predicted octanol–water partition coefficient (Wildman–Crippen LogP) is 4.96. The van der Waals surface area contributed by atoms with Crippen LogP contribution in [0.5, 0.6) is 0 Å². The Morgan fingerprint density at radius 1 is 0.941 bits per heavy atom. The standard InChI is InChI=1S/C26H37N3O4S/c1-17(2)15-22(29-25(32)33-26(3,4)5)24(31)28-21(13-14-34-6)23(30)27-20-12-11-18-9-7-8-10-19(18)16-20/h7-12,16-17,21-22H,13-15H2,1-6H3,(H,27,30)(H,28,31)(H,29,32)/t21-,22-/m0/s1. The number of ether oxygens (including phenoxy) is 1. The largest absolute Gasteiger partial charge is 0.444 e. The Morgan fingerprint density at radius 2 is 1.62 bits per heavy atom. The number of fused-ring (bicyclic) bond motifs is 1. The lowest BCUT2D eigenvalue weighted by molar-refractivity contribution is -0.128. The summed E-state index contributed by atoms with van der Waals surface area (Å²) in [6.07, 6.45) is 2.18. The van der Waals surface area contributed by atoms with E-state index in [0.29, 0.717) is 24.3 Å². The van der Waals surface area contributed by atoms with Crippen molar-refractivity contribution < 1.29 is 19.1 Å². The number of benzene rings is 2. The van der Waals surface area contributed by atoms with E-state index in [4.69, 9.17) is 4.74 Å². The molecule has 8 heteroatoms. The van der Waals surface area contributed by atoms with Gasteiger partial charge in [0.05, 0.1) is 0 Å². The summed E-state index contributed by atoms with van der Waals surface area (Å²) < 4.78 is 5.32. The summed E-state index contributed by atoms with van der Waals surface area (Å²) in [7, 11) is 0. The molecule has 0 aromatic heterocycles. The Morgan fingerprint density at radius 3 is 2.24 bits per heavy atom. The zero-order valence-corrected chi connectivity index (χ0v) is 21.8. The summed E-state index contributed by atoms with van der Waals surface area (Å²) in [6, 6.07) is 12.1. The van der Waals surface area contributed by atoms with Gasteiger partial charge >= 0.3 is 6.09 Å². The average molecular weight is 488 g/mol. The van der Waals surface area contributed by atoms with Crippen molar-refractivity contribution in [1.29, 1.82) is 0 Å². The molecule has 186 valence electrons. The monoisotopic (exact) mass is 487 g/mol. The van der Waals surface area contributed by atoms with Gasteiger partial charge in [0.2, 0.25) is 11.8 Å². The van der Waals surface area contributed by atoms with Crippen LogP contribution in [0.25, 0.3) is 10.8 Å². The molecule has 3 N–H and O–H groups in total. The molecule has 2 rings (SSSR count). The number of alkyl carbamates (subject to hydrolysis) is 1. The quantitative estimate of drug-likeness (QED) is 0.440. The first-order valence-electron chi connectivity index (χ1n) is 11.6. The molecule has 0 aliphatic rings. The first-order valence-corrected chi connectivity index (χ1v) is 13.0. The average Bonchev–Trinajstić information content (AvgIpc) is 2.74. The molecule has 0 aliphatic carbocycles. The van der Waals surface area contributed by atoms with Crippen LogP contribution in [0.3, 0.4) is 0 Å². The third kappa shape index (κ3) is 9.25. The van der Waals surface area contributed by atoms with Crippen LogP contribution < -0.4 is 16.0 Å². The molecule has 0 unspecified atom stereocenters. The molecule has 34 heavy (non-hydrogen) atoms. The number of nitrogens with one attached hydrogen (secondary N) is 3. The number of carbonyl (C=O) groups is 3. The molecule has 0 aliphatic heterocycles. The van der Waals surface area contributed by atoms with Gasteiger partial charge in [-0.1, -0.05) is 44.2 Å². The van der Waals surface area contributed by atoms with E-state index in [0.717, 1.165) is 10.8 Å². The Kier molecular flexibility index (Phi) is 10.2. The maximum atomic E-state index is 13.1. The minimum atomic E-state index is -0.805. The SMILES string of the molecule is CSCC[C@H](NC(=O)[C@H](CC(C)C)NC(=O)OC(C)(C)C)C(=O)Nc1ccc2ccccc2c1. The number of hydrogen-bond acceptors (Lipinski definition) is 5. The number of hydrogen-bond donors (Lipinski definition) is 3. The highest BCUT2D eigenvalue weighted by atomic mass is 32.2. The van der Waals surface area contributed by atoms with Gasteiger partial charge in [0.1, 0.15) is 17.7 Å². The van der Waals surface area contributed by atoms with Gasteiger partial charge in [0.25, 0.3) is 0 Å². The molecule has 7 nitrogen and oxygen atoms in total. The Hall–Kier alpha value is -2.74. The van der Waals surface area contributed by atoms with Crippen LogP contribution in [0.4, 0.5) is 10.5 Å². The molecular formula is C26H37N3O4S.